The van der Waals surface area contributed by atoms with Crippen LogP contribution in [0.15, 0.2) is 18.2 Å². The minimum absolute atomic E-state index is 0.000000000000000222. The van der Waals surface area contributed by atoms with Gasteiger partial charge in [-0.2, -0.15) is 0 Å². The predicted octanol–water partition coefficient (Wildman–Crippen LogP) is 0.415. The van der Waals surface area contributed by atoms with Crippen molar-refractivity contribution in [1.29, 1.82) is 0 Å². The van der Waals surface area contributed by atoms with E-state index in [0.29, 0.717) is 0 Å². The number of hydrogen-bond acceptors (Lipinski definition) is 4. The molecule has 2 unspecified atom stereocenters. The minimum Gasteiger partial charge on any atom is -0.394 e. The van der Waals surface area contributed by atoms with E-state index >= 15 is 0 Å². The smallest absolute Gasteiger partial charge is 0.160 e. The normalized spacial score (nSPS) is 14.6. The third-order valence-electron chi connectivity index (χ3n) is 2.26. The van der Waals surface area contributed by atoms with Crippen LogP contribution in [-0.2, 0) is 0 Å². The van der Waals surface area contributed by atoms with Gasteiger partial charge in [0.25, 0.3) is 0 Å². The molecule has 16 heavy (non-hydrogen) atoms. The zero-order chi connectivity index (χ0) is 12.3. The molecule has 0 spiro atoms. The van der Waals surface area contributed by atoms with Crippen molar-refractivity contribution in [2.24, 2.45) is 0 Å². The van der Waals surface area contributed by atoms with E-state index in [0.717, 1.165) is 12.1 Å². The lowest BCUT2D eigenvalue weighted by Crippen LogP contribution is -2.23. The number of benzene rings is 1. The molecule has 0 radical (unpaired) electrons. The molecule has 2 atom stereocenters. The predicted molar refractivity (Wildman–Crippen MR) is 54.5 cm³/mol. The number of ketones is 1. The lowest BCUT2D eigenvalue weighted by atomic mass is 9.96. The van der Waals surface area contributed by atoms with E-state index in [1.807, 2.05) is 0 Å². The first-order chi connectivity index (χ1) is 7.47. The molecule has 0 aliphatic heterocycles. The average molecular weight is 228 g/mol. The average Bonchev–Trinajstić information content (AvgIpc) is 2.26. The van der Waals surface area contributed by atoms with E-state index in [1.165, 1.54) is 13.0 Å². The monoisotopic (exact) mass is 228 g/mol. The number of aliphatic hydroxyl groups excluding tert-OH is 3. The minimum atomic E-state index is -1.41. The van der Waals surface area contributed by atoms with Crippen LogP contribution in [0, 0.1) is 5.82 Å². The van der Waals surface area contributed by atoms with E-state index in [-0.39, 0.29) is 11.1 Å². The summed E-state index contributed by atoms with van der Waals surface area (Å²) < 4.78 is 12.9. The summed E-state index contributed by atoms with van der Waals surface area (Å²) in [5, 5.41) is 27.6. The SMILES string of the molecule is CC(=O)c1cc(F)ccc1C(O)C(O)CO. The van der Waals surface area contributed by atoms with Crippen LogP contribution in [-0.4, -0.2) is 33.8 Å². The Hall–Kier alpha value is -1.30. The highest BCUT2D eigenvalue weighted by molar-refractivity contribution is 5.95. The molecule has 0 saturated heterocycles. The molecule has 1 aromatic carbocycles. The van der Waals surface area contributed by atoms with Gasteiger partial charge in [0.1, 0.15) is 18.0 Å². The van der Waals surface area contributed by atoms with Crippen molar-refractivity contribution < 1.29 is 24.5 Å². The Morgan fingerprint density at radius 1 is 1.44 bits per heavy atom. The highest BCUT2D eigenvalue weighted by Crippen LogP contribution is 2.22. The standard InChI is InChI=1S/C11H13FO4/c1-6(14)9-4-7(12)2-3-8(9)11(16)10(15)5-13/h2-4,10-11,13,15-16H,5H2,1H3. The van der Waals surface area contributed by atoms with Gasteiger partial charge in [0.2, 0.25) is 0 Å². The summed E-state index contributed by atoms with van der Waals surface area (Å²) in [6.45, 7) is 0.589. The van der Waals surface area contributed by atoms with Crippen LogP contribution in [0.2, 0.25) is 0 Å². The first-order valence-corrected chi connectivity index (χ1v) is 4.74. The molecule has 0 aliphatic rings. The largest absolute Gasteiger partial charge is 0.394 e. The van der Waals surface area contributed by atoms with Crippen LogP contribution >= 0.6 is 0 Å². The molecule has 0 heterocycles. The fourth-order valence-corrected chi connectivity index (χ4v) is 1.40. The number of rotatable bonds is 4. The molecule has 0 saturated carbocycles. The Balaban J connectivity index is 3.17. The van der Waals surface area contributed by atoms with Crippen LogP contribution in [0.4, 0.5) is 4.39 Å². The third kappa shape index (κ3) is 2.63. The Labute approximate surface area is 92.0 Å². The second kappa shape index (κ2) is 5.16. The zero-order valence-corrected chi connectivity index (χ0v) is 8.72. The van der Waals surface area contributed by atoms with Crippen molar-refractivity contribution in [1.82, 2.24) is 0 Å². The van der Waals surface area contributed by atoms with Crippen LogP contribution in [0.3, 0.4) is 0 Å². The Bertz CT molecular complexity index is 392. The van der Waals surface area contributed by atoms with Crippen molar-refractivity contribution in [2.75, 3.05) is 6.61 Å². The summed E-state index contributed by atoms with van der Waals surface area (Å²) >= 11 is 0. The lowest BCUT2D eigenvalue weighted by molar-refractivity contribution is -0.0155. The molecule has 0 amide bonds. The molecule has 5 heteroatoms. The van der Waals surface area contributed by atoms with E-state index in [1.54, 1.807) is 0 Å². The van der Waals surface area contributed by atoms with Crippen LogP contribution in [0.5, 0.6) is 0 Å². The highest BCUT2D eigenvalue weighted by atomic mass is 19.1. The van der Waals surface area contributed by atoms with Crippen molar-refractivity contribution in [3.63, 3.8) is 0 Å². The van der Waals surface area contributed by atoms with Crippen molar-refractivity contribution in [3.8, 4) is 0 Å². The lowest BCUT2D eigenvalue weighted by Gasteiger charge is -2.18. The maximum atomic E-state index is 12.9. The van der Waals surface area contributed by atoms with Gasteiger partial charge in [-0.05, 0) is 24.6 Å². The summed E-state index contributed by atoms with van der Waals surface area (Å²) in [7, 11) is 0. The van der Waals surface area contributed by atoms with Crippen molar-refractivity contribution in [2.45, 2.75) is 19.1 Å². The van der Waals surface area contributed by atoms with Gasteiger partial charge in [-0.3, -0.25) is 4.79 Å². The van der Waals surface area contributed by atoms with Gasteiger partial charge in [0.05, 0.1) is 6.61 Å². The molecule has 0 aromatic heterocycles. The Morgan fingerprint density at radius 2 is 2.06 bits per heavy atom. The van der Waals surface area contributed by atoms with Gasteiger partial charge in [-0.1, -0.05) is 6.07 Å². The van der Waals surface area contributed by atoms with Crippen LogP contribution in [0.25, 0.3) is 0 Å². The van der Waals surface area contributed by atoms with Crippen molar-refractivity contribution >= 4 is 5.78 Å². The molecule has 4 nitrogen and oxygen atoms in total. The van der Waals surface area contributed by atoms with Gasteiger partial charge < -0.3 is 15.3 Å². The summed E-state index contributed by atoms with van der Waals surface area (Å²) in [5.74, 6) is -1.02. The number of carbonyl (C=O) groups excluding carboxylic acids is 1. The van der Waals surface area contributed by atoms with Crippen LogP contribution < -0.4 is 0 Å². The van der Waals surface area contributed by atoms with E-state index in [2.05, 4.69) is 0 Å². The number of carbonyl (C=O) groups is 1. The van der Waals surface area contributed by atoms with Gasteiger partial charge in [0, 0.05) is 5.56 Å². The first-order valence-electron chi connectivity index (χ1n) is 4.74. The summed E-state index contributed by atoms with van der Waals surface area (Å²) in [5.41, 5.74) is 0.107. The third-order valence-corrected chi connectivity index (χ3v) is 2.26. The maximum absolute atomic E-state index is 12.9. The number of hydrogen-bond donors (Lipinski definition) is 3. The fourth-order valence-electron chi connectivity index (χ4n) is 1.40. The molecule has 0 fully saturated rings. The second-order valence-electron chi connectivity index (χ2n) is 3.48. The van der Waals surface area contributed by atoms with Crippen LogP contribution in [0.1, 0.15) is 28.9 Å². The number of Topliss-reactive ketones (excluding diaryl/α,β-unsaturated/α-hetero) is 1. The van der Waals surface area contributed by atoms with Crippen molar-refractivity contribution in [3.05, 3.63) is 35.1 Å². The number of aliphatic hydroxyl groups is 3. The molecule has 1 aromatic rings. The maximum Gasteiger partial charge on any atom is 0.160 e. The van der Waals surface area contributed by atoms with Gasteiger partial charge in [-0.25, -0.2) is 4.39 Å². The van der Waals surface area contributed by atoms with E-state index in [4.69, 9.17) is 5.11 Å². The van der Waals surface area contributed by atoms with Gasteiger partial charge >= 0.3 is 0 Å². The molecule has 0 aliphatic carbocycles. The fraction of sp³-hybridized carbons (Fsp3) is 0.364. The molecule has 0 bridgehead atoms. The first kappa shape index (κ1) is 12.8. The molecular weight excluding hydrogens is 215 g/mol. The zero-order valence-electron chi connectivity index (χ0n) is 8.72. The number of halogens is 1. The topological polar surface area (TPSA) is 77.8 Å². The van der Waals surface area contributed by atoms with E-state index in [9.17, 15) is 19.4 Å². The summed E-state index contributed by atoms with van der Waals surface area (Å²) in [4.78, 5) is 11.2. The summed E-state index contributed by atoms with van der Waals surface area (Å²) in [6, 6.07) is 3.29. The molecule has 1 rings (SSSR count). The quantitative estimate of drug-likeness (QED) is 0.652. The molecule has 3 N–H and O–H groups in total. The summed E-state index contributed by atoms with van der Waals surface area (Å²) in [6.07, 6.45) is -2.81. The molecular formula is C11H13FO4. The van der Waals surface area contributed by atoms with E-state index < -0.39 is 30.4 Å². The second-order valence-corrected chi connectivity index (χ2v) is 3.48. The Morgan fingerprint density at radius 3 is 2.56 bits per heavy atom. The molecule has 88 valence electrons. The Kier molecular flexibility index (Phi) is 4.12. The van der Waals surface area contributed by atoms with Gasteiger partial charge in [-0.15, -0.1) is 0 Å². The van der Waals surface area contributed by atoms with Gasteiger partial charge in [0.15, 0.2) is 5.78 Å². The highest BCUT2D eigenvalue weighted by Gasteiger charge is 2.22.